The molecule has 1 aromatic rings. The number of hydrogen-bond acceptors (Lipinski definition) is 5. The summed E-state index contributed by atoms with van der Waals surface area (Å²) in [4.78, 5) is 17.9. The van der Waals surface area contributed by atoms with Gasteiger partial charge in [0.15, 0.2) is 0 Å². The summed E-state index contributed by atoms with van der Waals surface area (Å²) < 4.78 is 0. The van der Waals surface area contributed by atoms with Crippen LogP contribution in [0.4, 0.5) is 0 Å². The van der Waals surface area contributed by atoms with Gasteiger partial charge >= 0.3 is 0 Å². The van der Waals surface area contributed by atoms with Crippen molar-refractivity contribution in [3.05, 3.63) is 22.4 Å². The van der Waals surface area contributed by atoms with Crippen LogP contribution in [0.15, 0.2) is 17.5 Å². The molecule has 21 heavy (non-hydrogen) atoms. The Morgan fingerprint density at radius 2 is 2.19 bits per heavy atom. The minimum Gasteiger partial charge on any atom is -0.395 e. The quantitative estimate of drug-likeness (QED) is 0.766. The lowest BCUT2D eigenvalue weighted by molar-refractivity contribution is -0.126. The normalized spacial score (nSPS) is 18.6. The molecule has 1 aliphatic rings. The van der Waals surface area contributed by atoms with E-state index in [-0.39, 0.29) is 18.6 Å². The van der Waals surface area contributed by atoms with Crippen LogP contribution in [0.25, 0.3) is 0 Å². The van der Waals surface area contributed by atoms with Gasteiger partial charge < -0.3 is 10.4 Å². The summed E-state index contributed by atoms with van der Waals surface area (Å²) in [6.07, 6.45) is 0.903. The Hall–Kier alpha value is -0.950. The maximum absolute atomic E-state index is 12.2. The third-order valence-corrected chi connectivity index (χ3v) is 4.94. The number of rotatable bonds is 7. The molecule has 1 aromatic heterocycles. The molecule has 5 nitrogen and oxygen atoms in total. The average Bonchev–Trinajstić information content (AvgIpc) is 3.01. The zero-order chi connectivity index (χ0) is 15.1. The SMILES string of the molecule is C[C@H](C(=O)NCCc1cccs1)N1CCN(CCO)CC1. The number of nitrogens with zero attached hydrogens (tertiary/aromatic N) is 2. The molecule has 0 aromatic carbocycles. The first-order valence-corrected chi connectivity index (χ1v) is 8.46. The highest BCUT2D eigenvalue weighted by Gasteiger charge is 2.24. The molecular weight excluding hydrogens is 286 g/mol. The van der Waals surface area contributed by atoms with Gasteiger partial charge in [0, 0.05) is 44.1 Å². The number of aliphatic hydroxyl groups excluding tert-OH is 1. The zero-order valence-electron chi connectivity index (χ0n) is 12.6. The number of carbonyl (C=O) groups excluding carboxylic acids is 1. The van der Waals surface area contributed by atoms with Crippen molar-refractivity contribution in [2.24, 2.45) is 0 Å². The predicted octanol–water partition coefficient (Wildman–Crippen LogP) is 0.405. The number of carbonyl (C=O) groups is 1. The number of hydrogen-bond donors (Lipinski definition) is 2. The second-order valence-corrected chi connectivity index (χ2v) is 6.43. The molecular formula is C15H25N3O2S. The fraction of sp³-hybridized carbons (Fsp3) is 0.667. The number of nitrogens with one attached hydrogen (secondary N) is 1. The molecule has 0 radical (unpaired) electrons. The van der Waals surface area contributed by atoms with Gasteiger partial charge in [0.05, 0.1) is 12.6 Å². The van der Waals surface area contributed by atoms with Crippen LogP contribution < -0.4 is 5.32 Å². The van der Waals surface area contributed by atoms with Crippen molar-refractivity contribution in [3.63, 3.8) is 0 Å². The maximum atomic E-state index is 12.2. The lowest BCUT2D eigenvalue weighted by Crippen LogP contribution is -2.54. The van der Waals surface area contributed by atoms with Crippen molar-refractivity contribution in [3.8, 4) is 0 Å². The molecule has 2 heterocycles. The Bertz CT molecular complexity index is 417. The molecule has 1 atom stereocenters. The number of aliphatic hydroxyl groups is 1. The highest BCUT2D eigenvalue weighted by Crippen LogP contribution is 2.09. The predicted molar refractivity (Wildman–Crippen MR) is 85.6 cm³/mol. The fourth-order valence-corrected chi connectivity index (χ4v) is 3.30. The van der Waals surface area contributed by atoms with E-state index in [2.05, 4.69) is 26.6 Å². The summed E-state index contributed by atoms with van der Waals surface area (Å²) in [6, 6.07) is 4.06. The van der Waals surface area contributed by atoms with Gasteiger partial charge in [-0.25, -0.2) is 0 Å². The van der Waals surface area contributed by atoms with Crippen LogP contribution in [-0.2, 0) is 11.2 Å². The molecule has 2 rings (SSSR count). The molecule has 118 valence electrons. The van der Waals surface area contributed by atoms with Crippen molar-refractivity contribution in [2.45, 2.75) is 19.4 Å². The van der Waals surface area contributed by atoms with E-state index in [1.165, 1.54) is 4.88 Å². The van der Waals surface area contributed by atoms with Gasteiger partial charge in [-0.1, -0.05) is 6.07 Å². The molecule has 2 N–H and O–H groups in total. The highest BCUT2D eigenvalue weighted by molar-refractivity contribution is 7.09. The van der Waals surface area contributed by atoms with Crippen LogP contribution in [0.1, 0.15) is 11.8 Å². The van der Waals surface area contributed by atoms with Crippen LogP contribution in [0, 0.1) is 0 Å². The number of amides is 1. The first-order chi connectivity index (χ1) is 10.2. The van der Waals surface area contributed by atoms with Crippen LogP contribution in [0.2, 0.25) is 0 Å². The Kier molecular flexibility index (Phi) is 6.63. The Labute approximate surface area is 130 Å². The topological polar surface area (TPSA) is 55.8 Å². The van der Waals surface area contributed by atoms with Crippen LogP contribution in [-0.4, -0.2) is 72.7 Å². The van der Waals surface area contributed by atoms with Gasteiger partial charge in [0.25, 0.3) is 0 Å². The molecule has 6 heteroatoms. The summed E-state index contributed by atoms with van der Waals surface area (Å²) in [7, 11) is 0. The molecule has 0 unspecified atom stereocenters. The molecule has 1 saturated heterocycles. The molecule has 0 aliphatic carbocycles. The zero-order valence-corrected chi connectivity index (χ0v) is 13.4. The third-order valence-electron chi connectivity index (χ3n) is 4.00. The molecule has 0 spiro atoms. The summed E-state index contributed by atoms with van der Waals surface area (Å²) in [6.45, 7) is 7.24. The summed E-state index contributed by atoms with van der Waals surface area (Å²) >= 11 is 1.73. The first kappa shape index (κ1) is 16.4. The minimum atomic E-state index is -0.0791. The molecule has 1 aliphatic heterocycles. The third kappa shape index (κ3) is 5.07. The minimum absolute atomic E-state index is 0.0791. The second-order valence-electron chi connectivity index (χ2n) is 5.40. The van der Waals surface area contributed by atoms with Crippen molar-refractivity contribution in [1.29, 1.82) is 0 Å². The van der Waals surface area contributed by atoms with E-state index in [0.717, 1.165) is 39.1 Å². The number of piperazine rings is 1. The van der Waals surface area contributed by atoms with E-state index < -0.39 is 0 Å². The molecule has 1 amide bonds. The Balaban J connectivity index is 1.67. The smallest absolute Gasteiger partial charge is 0.237 e. The monoisotopic (exact) mass is 311 g/mol. The molecule has 1 fully saturated rings. The van der Waals surface area contributed by atoms with Crippen LogP contribution in [0.3, 0.4) is 0 Å². The van der Waals surface area contributed by atoms with E-state index in [4.69, 9.17) is 5.11 Å². The van der Waals surface area contributed by atoms with E-state index in [0.29, 0.717) is 6.54 Å². The van der Waals surface area contributed by atoms with Gasteiger partial charge in [-0.05, 0) is 24.8 Å². The number of thiophene rings is 1. The van der Waals surface area contributed by atoms with Gasteiger partial charge in [-0.15, -0.1) is 11.3 Å². The van der Waals surface area contributed by atoms with Crippen molar-refractivity contribution < 1.29 is 9.90 Å². The largest absolute Gasteiger partial charge is 0.395 e. The van der Waals surface area contributed by atoms with Crippen LogP contribution >= 0.6 is 11.3 Å². The average molecular weight is 311 g/mol. The lowest BCUT2D eigenvalue weighted by atomic mass is 10.2. The van der Waals surface area contributed by atoms with E-state index >= 15 is 0 Å². The standard InChI is InChI=1S/C15H25N3O2S/c1-13(18-8-6-17(7-9-18)10-11-19)15(20)16-5-4-14-3-2-12-21-14/h2-3,12-13,19H,4-11H2,1H3,(H,16,20)/t13-/m1/s1. The summed E-state index contributed by atoms with van der Waals surface area (Å²) in [5, 5.41) is 14.0. The van der Waals surface area contributed by atoms with Gasteiger partial charge in [-0.2, -0.15) is 0 Å². The highest BCUT2D eigenvalue weighted by atomic mass is 32.1. The van der Waals surface area contributed by atoms with Gasteiger partial charge in [-0.3, -0.25) is 14.6 Å². The molecule has 0 saturated carbocycles. The van der Waals surface area contributed by atoms with E-state index in [9.17, 15) is 4.79 Å². The van der Waals surface area contributed by atoms with Crippen LogP contribution in [0.5, 0.6) is 0 Å². The first-order valence-electron chi connectivity index (χ1n) is 7.58. The fourth-order valence-electron chi connectivity index (χ4n) is 2.59. The van der Waals surface area contributed by atoms with Crippen molar-refractivity contribution in [2.75, 3.05) is 45.9 Å². The Morgan fingerprint density at radius 3 is 2.81 bits per heavy atom. The van der Waals surface area contributed by atoms with E-state index in [1.807, 2.05) is 13.0 Å². The summed E-state index contributed by atoms with van der Waals surface area (Å²) in [5.41, 5.74) is 0. The molecule has 0 bridgehead atoms. The van der Waals surface area contributed by atoms with E-state index in [1.54, 1.807) is 11.3 Å². The lowest BCUT2D eigenvalue weighted by Gasteiger charge is -2.37. The maximum Gasteiger partial charge on any atom is 0.237 e. The summed E-state index contributed by atoms with van der Waals surface area (Å²) in [5.74, 6) is 0.113. The van der Waals surface area contributed by atoms with Crippen molar-refractivity contribution >= 4 is 17.2 Å². The number of β-amino-alcohol motifs (C(OH)–C–C–N with tert-alkyl or cyclic N) is 1. The Morgan fingerprint density at radius 1 is 1.43 bits per heavy atom. The van der Waals surface area contributed by atoms with Crippen molar-refractivity contribution in [1.82, 2.24) is 15.1 Å². The van der Waals surface area contributed by atoms with Gasteiger partial charge in [0.2, 0.25) is 5.91 Å². The van der Waals surface area contributed by atoms with Gasteiger partial charge in [0.1, 0.15) is 0 Å². The second kappa shape index (κ2) is 8.48.